The van der Waals surface area contributed by atoms with Gasteiger partial charge in [0.25, 0.3) is 5.91 Å². The molecule has 3 aromatic rings. The quantitative estimate of drug-likeness (QED) is 0.557. The molecule has 1 atom stereocenters. The second-order valence-electron chi connectivity index (χ2n) is 8.26. The number of carbonyl (C=O) groups excluding carboxylic acids is 2. The average molecular weight is 463 g/mol. The summed E-state index contributed by atoms with van der Waals surface area (Å²) in [5.74, 6) is 1.82. The van der Waals surface area contributed by atoms with E-state index >= 15 is 0 Å². The fourth-order valence-electron chi connectivity index (χ4n) is 4.17. The van der Waals surface area contributed by atoms with Crippen LogP contribution >= 0.6 is 11.8 Å². The third-order valence-electron chi connectivity index (χ3n) is 5.95. The normalized spacial score (nSPS) is 17.0. The number of amides is 2. The number of thioether (sulfide) groups is 1. The predicted octanol–water partition coefficient (Wildman–Crippen LogP) is 3.84. The second kappa shape index (κ2) is 9.80. The Bertz CT molecular complexity index is 1140. The summed E-state index contributed by atoms with van der Waals surface area (Å²) in [4.78, 5) is 25.6. The average Bonchev–Trinajstić information content (AvgIpc) is 3.59. The largest absolute Gasteiger partial charge is 0.376 e. The Morgan fingerprint density at radius 2 is 1.85 bits per heavy atom. The zero-order chi connectivity index (χ0) is 22.6. The first-order valence-corrected chi connectivity index (χ1v) is 12.3. The van der Waals surface area contributed by atoms with E-state index < -0.39 is 0 Å². The topological polar surface area (TPSA) is 85.2 Å². The predicted molar refractivity (Wildman–Crippen MR) is 129 cm³/mol. The van der Waals surface area contributed by atoms with Crippen molar-refractivity contribution < 1.29 is 14.3 Å². The maximum absolute atomic E-state index is 13.0. The molecule has 2 N–H and O–H groups in total. The number of hydrogen-bond acceptors (Lipinski definition) is 5. The highest BCUT2D eigenvalue weighted by atomic mass is 32.2. The number of nitrogens with one attached hydrogen (secondary N) is 2. The van der Waals surface area contributed by atoms with Crippen molar-refractivity contribution in [1.82, 2.24) is 15.1 Å². The van der Waals surface area contributed by atoms with Crippen LogP contribution in [0.25, 0.3) is 11.1 Å². The first-order chi connectivity index (χ1) is 16.2. The van der Waals surface area contributed by atoms with Crippen LogP contribution in [0.5, 0.6) is 0 Å². The van der Waals surface area contributed by atoms with E-state index in [9.17, 15) is 9.59 Å². The molecule has 1 unspecified atom stereocenters. The van der Waals surface area contributed by atoms with Crippen LogP contribution in [-0.4, -0.2) is 40.9 Å². The first-order valence-electron chi connectivity index (χ1n) is 11.2. The highest BCUT2D eigenvalue weighted by Gasteiger charge is 2.25. The number of nitrogens with zero attached hydrogens (tertiary/aromatic N) is 2. The summed E-state index contributed by atoms with van der Waals surface area (Å²) < 4.78 is 7.18. The molecule has 2 aliphatic heterocycles. The summed E-state index contributed by atoms with van der Waals surface area (Å²) >= 11 is 1.76. The maximum atomic E-state index is 13.0. The Kier molecular flexibility index (Phi) is 6.46. The van der Waals surface area contributed by atoms with Gasteiger partial charge in [-0.15, -0.1) is 0 Å². The molecule has 7 nitrogen and oxygen atoms in total. The van der Waals surface area contributed by atoms with Gasteiger partial charge in [0.2, 0.25) is 5.91 Å². The lowest BCUT2D eigenvalue weighted by atomic mass is 10.0. The molecule has 3 heterocycles. The Morgan fingerprint density at radius 1 is 1.06 bits per heavy atom. The SMILES string of the molecule is O=C(Cn1nc2c(c1NC(=O)c1ccc(-c3ccccc3)cc1)CSC2)NCC1CCCO1. The van der Waals surface area contributed by atoms with E-state index in [2.05, 4.69) is 15.7 Å². The number of hydrogen-bond donors (Lipinski definition) is 2. The second-order valence-corrected chi connectivity index (χ2v) is 9.25. The summed E-state index contributed by atoms with van der Waals surface area (Å²) in [6, 6.07) is 17.6. The van der Waals surface area contributed by atoms with Crippen molar-refractivity contribution >= 4 is 29.4 Å². The molecule has 2 aromatic carbocycles. The van der Waals surface area contributed by atoms with Gasteiger partial charge in [-0.3, -0.25) is 9.59 Å². The van der Waals surface area contributed by atoms with Crippen molar-refractivity contribution in [3.05, 3.63) is 71.4 Å². The lowest BCUT2D eigenvalue weighted by Gasteiger charge is -2.13. The number of benzene rings is 2. The molecular weight excluding hydrogens is 436 g/mol. The van der Waals surface area contributed by atoms with E-state index in [0.29, 0.717) is 17.9 Å². The standard InChI is InChI=1S/C25H26N4O3S/c30-23(26-13-20-7-4-12-32-20)14-29-24(21-15-33-16-22(21)28-29)27-25(31)19-10-8-18(9-11-19)17-5-2-1-3-6-17/h1-3,5-6,8-11,20H,4,7,12-16H2,(H,26,30)(H,27,31). The highest BCUT2D eigenvalue weighted by Crippen LogP contribution is 2.35. The van der Waals surface area contributed by atoms with E-state index in [4.69, 9.17) is 4.74 Å². The molecule has 8 heteroatoms. The molecule has 1 aromatic heterocycles. The number of ether oxygens (including phenoxy) is 1. The summed E-state index contributed by atoms with van der Waals surface area (Å²) in [7, 11) is 0. The molecule has 2 aliphatic rings. The Labute approximate surface area is 196 Å². The Balaban J connectivity index is 1.28. The van der Waals surface area contributed by atoms with Gasteiger partial charge in [0.05, 0.1) is 11.8 Å². The minimum Gasteiger partial charge on any atom is -0.376 e. The van der Waals surface area contributed by atoms with Crippen LogP contribution in [0.2, 0.25) is 0 Å². The molecule has 5 rings (SSSR count). The summed E-state index contributed by atoms with van der Waals surface area (Å²) in [5.41, 5.74) is 4.65. The van der Waals surface area contributed by atoms with Crippen molar-refractivity contribution in [1.29, 1.82) is 0 Å². The lowest BCUT2D eigenvalue weighted by molar-refractivity contribution is -0.122. The molecule has 1 saturated heterocycles. The number of fused-ring (bicyclic) bond motifs is 1. The van der Waals surface area contributed by atoms with Gasteiger partial charge in [-0.2, -0.15) is 16.9 Å². The van der Waals surface area contributed by atoms with Crippen molar-refractivity contribution in [3.8, 4) is 11.1 Å². The molecule has 1 fully saturated rings. The van der Waals surface area contributed by atoms with Crippen LogP contribution in [0.15, 0.2) is 54.6 Å². The molecule has 0 saturated carbocycles. The minimum atomic E-state index is -0.213. The van der Waals surface area contributed by atoms with Crippen molar-refractivity contribution in [2.24, 2.45) is 0 Å². The molecule has 170 valence electrons. The minimum absolute atomic E-state index is 0.0624. The Hall–Kier alpha value is -3.10. The molecule has 2 amide bonds. The molecule has 0 bridgehead atoms. The summed E-state index contributed by atoms with van der Waals surface area (Å²) in [6.07, 6.45) is 2.09. The highest BCUT2D eigenvalue weighted by molar-refractivity contribution is 7.98. The monoisotopic (exact) mass is 462 g/mol. The summed E-state index contributed by atoms with van der Waals surface area (Å²) in [6.45, 7) is 1.32. The van der Waals surface area contributed by atoms with Crippen molar-refractivity contribution in [2.75, 3.05) is 18.5 Å². The van der Waals surface area contributed by atoms with E-state index in [1.54, 1.807) is 16.4 Å². The first kappa shape index (κ1) is 21.7. The number of rotatable bonds is 7. The van der Waals surface area contributed by atoms with E-state index in [-0.39, 0.29) is 24.5 Å². The third-order valence-corrected chi connectivity index (χ3v) is 6.92. The molecule has 0 spiro atoms. The smallest absolute Gasteiger partial charge is 0.256 e. The van der Waals surface area contributed by atoms with Gasteiger partial charge in [-0.1, -0.05) is 42.5 Å². The van der Waals surface area contributed by atoms with Crippen molar-refractivity contribution in [3.63, 3.8) is 0 Å². The zero-order valence-corrected chi connectivity index (χ0v) is 19.1. The van der Waals surface area contributed by atoms with Crippen LogP contribution in [0.3, 0.4) is 0 Å². The van der Waals surface area contributed by atoms with Gasteiger partial charge >= 0.3 is 0 Å². The van der Waals surface area contributed by atoms with E-state index in [1.165, 1.54) is 0 Å². The van der Waals surface area contributed by atoms with Crippen LogP contribution in [0.1, 0.15) is 34.5 Å². The number of anilines is 1. The Morgan fingerprint density at radius 3 is 2.61 bits per heavy atom. The van der Waals surface area contributed by atoms with Crippen LogP contribution < -0.4 is 10.6 Å². The van der Waals surface area contributed by atoms with Crippen LogP contribution in [0.4, 0.5) is 5.82 Å². The van der Waals surface area contributed by atoms with E-state index in [0.717, 1.165) is 53.3 Å². The number of aromatic nitrogens is 2. The van der Waals surface area contributed by atoms with Gasteiger partial charge in [-0.25, -0.2) is 4.68 Å². The fraction of sp³-hybridized carbons (Fsp3) is 0.320. The molecular formula is C25H26N4O3S. The van der Waals surface area contributed by atoms with Gasteiger partial charge in [-0.05, 0) is 36.1 Å². The van der Waals surface area contributed by atoms with Crippen LogP contribution in [-0.2, 0) is 27.6 Å². The van der Waals surface area contributed by atoms with E-state index in [1.807, 2.05) is 54.6 Å². The molecule has 0 aliphatic carbocycles. The van der Waals surface area contributed by atoms with Gasteiger partial charge in [0.15, 0.2) is 0 Å². The number of carbonyl (C=O) groups is 2. The third kappa shape index (κ3) is 4.96. The molecule has 0 radical (unpaired) electrons. The van der Waals surface area contributed by atoms with Gasteiger partial charge in [0, 0.05) is 35.8 Å². The fourth-order valence-corrected chi connectivity index (χ4v) is 5.20. The lowest BCUT2D eigenvalue weighted by Crippen LogP contribution is -2.34. The zero-order valence-electron chi connectivity index (χ0n) is 18.3. The molecule has 33 heavy (non-hydrogen) atoms. The van der Waals surface area contributed by atoms with Crippen LogP contribution in [0, 0.1) is 0 Å². The van der Waals surface area contributed by atoms with Gasteiger partial charge < -0.3 is 15.4 Å². The van der Waals surface area contributed by atoms with Crippen molar-refractivity contribution in [2.45, 2.75) is 37.0 Å². The summed E-state index contributed by atoms with van der Waals surface area (Å²) in [5, 5.41) is 10.5. The van der Waals surface area contributed by atoms with Gasteiger partial charge in [0.1, 0.15) is 12.4 Å². The maximum Gasteiger partial charge on any atom is 0.256 e.